The molecule has 98 valence electrons. The minimum atomic E-state index is -0.227. The van der Waals surface area contributed by atoms with Crippen LogP contribution in [0.1, 0.15) is 39.2 Å². The summed E-state index contributed by atoms with van der Waals surface area (Å²) >= 11 is 0. The quantitative estimate of drug-likeness (QED) is 0.799. The van der Waals surface area contributed by atoms with E-state index in [9.17, 15) is 4.39 Å². The molecule has 0 aliphatic rings. The Hall–Kier alpha value is -1.64. The fraction of sp³-hybridized carbons (Fsp3) is 0.400. The molecular weight excluding hydrogens is 227 g/mol. The maximum Gasteiger partial charge on any atom is 0.123 e. The minimum Gasteiger partial charge on any atom is -0.402 e. The molecule has 2 nitrogen and oxygen atoms in total. The third kappa shape index (κ3) is 3.99. The van der Waals surface area contributed by atoms with Crippen molar-refractivity contribution < 1.29 is 4.39 Å². The number of halogens is 1. The molecule has 0 fully saturated rings. The van der Waals surface area contributed by atoms with E-state index in [1.165, 1.54) is 12.1 Å². The molecule has 1 rings (SSSR count). The second-order valence-electron chi connectivity index (χ2n) is 4.96. The maximum atomic E-state index is 13.2. The van der Waals surface area contributed by atoms with E-state index in [1.807, 2.05) is 27.7 Å². The van der Waals surface area contributed by atoms with Crippen LogP contribution in [0.4, 0.5) is 10.1 Å². The maximum absolute atomic E-state index is 13.2. The van der Waals surface area contributed by atoms with Gasteiger partial charge < -0.3 is 5.73 Å². The van der Waals surface area contributed by atoms with Gasteiger partial charge in [-0.25, -0.2) is 4.39 Å². The first-order chi connectivity index (χ1) is 8.41. The molecule has 3 heteroatoms. The molecule has 0 saturated heterocycles. The zero-order valence-electron chi connectivity index (χ0n) is 11.4. The third-order valence-electron chi connectivity index (χ3n) is 2.76. The Labute approximate surface area is 108 Å². The summed E-state index contributed by atoms with van der Waals surface area (Å²) in [6, 6.07) is 4.65. The smallest absolute Gasteiger partial charge is 0.123 e. The lowest BCUT2D eigenvalue weighted by Crippen LogP contribution is -2.04. The molecule has 0 spiro atoms. The summed E-state index contributed by atoms with van der Waals surface area (Å²) in [5.41, 5.74) is 8.29. The molecule has 0 saturated carbocycles. The Morgan fingerprint density at radius 2 is 1.94 bits per heavy atom. The zero-order chi connectivity index (χ0) is 13.7. The van der Waals surface area contributed by atoms with Crippen molar-refractivity contribution >= 4 is 11.9 Å². The van der Waals surface area contributed by atoms with E-state index in [0.29, 0.717) is 5.92 Å². The molecular formula is C15H21FN2. The molecule has 0 atom stereocenters. The van der Waals surface area contributed by atoms with Gasteiger partial charge in [0.2, 0.25) is 0 Å². The van der Waals surface area contributed by atoms with Gasteiger partial charge in [0.15, 0.2) is 0 Å². The molecule has 0 amide bonds. The molecule has 0 bridgehead atoms. The van der Waals surface area contributed by atoms with Crippen LogP contribution in [0.15, 0.2) is 35.0 Å². The van der Waals surface area contributed by atoms with E-state index in [0.717, 1.165) is 16.9 Å². The Kier molecular flexibility index (Phi) is 5.08. The van der Waals surface area contributed by atoms with Crippen LogP contribution < -0.4 is 5.73 Å². The van der Waals surface area contributed by atoms with E-state index in [4.69, 9.17) is 5.73 Å². The summed E-state index contributed by atoms with van der Waals surface area (Å²) in [5, 5.41) is 0. The van der Waals surface area contributed by atoms with Crippen molar-refractivity contribution in [2.45, 2.75) is 33.6 Å². The van der Waals surface area contributed by atoms with Crippen LogP contribution in [0.5, 0.6) is 0 Å². The summed E-state index contributed by atoms with van der Waals surface area (Å²) in [7, 11) is 0. The van der Waals surface area contributed by atoms with Crippen molar-refractivity contribution in [3.05, 3.63) is 41.4 Å². The average Bonchev–Trinajstić information content (AvgIpc) is 2.30. The Bertz CT molecular complexity index is 460. The van der Waals surface area contributed by atoms with Crippen LogP contribution in [0, 0.1) is 11.7 Å². The van der Waals surface area contributed by atoms with Crippen LogP contribution in [0.2, 0.25) is 0 Å². The molecule has 0 heterocycles. The van der Waals surface area contributed by atoms with Gasteiger partial charge in [-0.1, -0.05) is 27.7 Å². The fourth-order valence-electron chi connectivity index (χ4n) is 1.50. The second-order valence-corrected chi connectivity index (χ2v) is 4.96. The Balaban J connectivity index is 2.97. The normalized spacial score (nSPS) is 12.9. The molecule has 1 aromatic carbocycles. The zero-order valence-corrected chi connectivity index (χ0v) is 11.4. The van der Waals surface area contributed by atoms with Crippen molar-refractivity contribution in [2.24, 2.45) is 16.6 Å². The number of nitrogens with zero attached hydrogens (tertiary/aromatic N) is 1. The van der Waals surface area contributed by atoms with E-state index < -0.39 is 0 Å². The summed E-state index contributed by atoms with van der Waals surface area (Å²) < 4.78 is 13.2. The van der Waals surface area contributed by atoms with Crippen LogP contribution >= 0.6 is 0 Å². The number of hydrogen-bond acceptors (Lipinski definition) is 2. The third-order valence-corrected chi connectivity index (χ3v) is 2.76. The van der Waals surface area contributed by atoms with Gasteiger partial charge in [0, 0.05) is 11.9 Å². The number of hydrogen-bond donors (Lipinski definition) is 1. The van der Waals surface area contributed by atoms with Gasteiger partial charge in [0.25, 0.3) is 0 Å². The molecule has 2 N–H and O–H groups in total. The first-order valence-corrected chi connectivity index (χ1v) is 6.21. The fourth-order valence-corrected chi connectivity index (χ4v) is 1.50. The van der Waals surface area contributed by atoms with Gasteiger partial charge in [-0.3, -0.25) is 4.99 Å². The number of nitrogens with two attached hydrogens (primary N) is 1. The van der Waals surface area contributed by atoms with Gasteiger partial charge >= 0.3 is 0 Å². The molecule has 1 aromatic rings. The summed E-state index contributed by atoms with van der Waals surface area (Å²) in [5.74, 6) is 0.309. The van der Waals surface area contributed by atoms with E-state index in [2.05, 4.69) is 4.99 Å². The SMILES string of the molecule is CC(C)C(N)=CC=Nc1ccc(F)cc1C(C)C. The predicted molar refractivity (Wildman–Crippen MR) is 75.7 cm³/mol. The predicted octanol–water partition coefficient (Wildman–Crippen LogP) is 4.15. The van der Waals surface area contributed by atoms with Gasteiger partial charge in [0.1, 0.15) is 5.82 Å². The second kappa shape index (κ2) is 6.34. The van der Waals surface area contributed by atoms with Crippen molar-refractivity contribution in [3.63, 3.8) is 0 Å². The van der Waals surface area contributed by atoms with Gasteiger partial charge in [-0.05, 0) is 41.7 Å². The van der Waals surface area contributed by atoms with Gasteiger partial charge in [-0.15, -0.1) is 0 Å². The highest BCUT2D eigenvalue weighted by atomic mass is 19.1. The van der Waals surface area contributed by atoms with Crippen molar-refractivity contribution in [3.8, 4) is 0 Å². The van der Waals surface area contributed by atoms with E-state index in [1.54, 1.807) is 18.4 Å². The lowest BCUT2D eigenvalue weighted by atomic mass is 10.0. The highest BCUT2D eigenvalue weighted by Crippen LogP contribution is 2.27. The lowest BCUT2D eigenvalue weighted by molar-refractivity contribution is 0.623. The number of benzene rings is 1. The Morgan fingerprint density at radius 1 is 1.28 bits per heavy atom. The van der Waals surface area contributed by atoms with E-state index >= 15 is 0 Å². The number of aliphatic imine (C=N–C) groups is 1. The van der Waals surface area contributed by atoms with Crippen LogP contribution in [-0.2, 0) is 0 Å². The van der Waals surface area contributed by atoms with Crippen molar-refractivity contribution in [1.82, 2.24) is 0 Å². The number of allylic oxidation sites excluding steroid dienone is 2. The molecule has 0 aliphatic heterocycles. The molecule has 0 aliphatic carbocycles. The lowest BCUT2D eigenvalue weighted by Gasteiger charge is -2.09. The molecule has 0 radical (unpaired) electrons. The largest absolute Gasteiger partial charge is 0.402 e. The summed E-state index contributed by atoms with van der Waals surface area (Å²) in [6.45, 7) is 8.09. The average molecular weight is 248 g/mol. The Morgan fingerprint density at radius 3 is 2.50 bits per heavy atom. The first kappa shape index (κ1) is 14.4. The summed E-state index contributed by atoms with van der Waals surface area (Å²) in [4.78, 5) is 4.34. The summed E-state index contributed by atoms with van der Waals surface area (Å²) in [6.07, 6.45) is 3.46. The first-order valence-electron chi connectivity index (χ1n) is 6.21. The topological polar surface area (TPSA) is 38.4 Å². The van der Waals surface area contributed by atoms with Crippen LogP contribution in [0.3, 0.4) is 0 Å². The minimum absolute atomic E-state index is 0.227. The standard InChI is InChI=1S/C15H21FN2/c1-10(2)13-9-12(16)5-6-15(13)18-8-7-14(17)11(3)4/h5-11H,17H2,1-4H3. The highest BCUT2D eigenvalue weighted by Gasteiger charge is 2.06. The number of rotatable bonds is 4. The molecule has 0 unspecified atom stereocenters. The molecule has 0 aromatic heterocycles. The van der Waals surface area contributed by atoms with Crippen molar-refractivity contribution in [2.75, 3.05) is 0 Å². The molecule has 18 heavy (non-hydrogen) atoms. The van der Waals surface area contributed by atoms with Gasteiger partial charge in [0.05, 0.1) is 5.69 Å². The monoisotopic (exact) mass is 248 g/mol. The van der Waals surface area contributed by atoms with Crippen LogP contribution in [0.25, 0.3) is 0 Å². The van der Waals surface area contributed by atoms with Crippen molar-refractivity contribution in [1.29, 1.82) is 0 Å². The van der Waals surface area contributed by atoms with Crippen LogP contribution in [-0.4, -0.2) is 6.21 Å². The van der Waals surface area contributed by atoms with Gasteiger partial charge in [-0.2, -0.15) is 0 Å². The highest BCUT2D eigenvalue weighted by molar-refractivity contribution is 5.76. The van der Waals surface area contributed by atoms with E-state index in [-0.39, 0.29) is 11.7 Å².